The third-order valence-corrected chi connectivity index (χ3v) is 3.95. The van der Waals surface area contributed by atoms with Crippen molar-refractivity contribution in [1.82, 2.24) is 15.1 Å². The summed E-state index contributed by atoms with van der Waals surface area (Å²) in [6.07, 6.45) is 5.61. The van der Waals surface area contributed by atoms with Crippen molar-refractivity contribution in [3.05, 3.63) is 72.0 Å². The van der Waals surface area contributed by atoms with E-state index in [9.17, 15) is 18.4 Å². The summed E-state index contributed by atoms with van der Waals surface area (Å²) in [4.78, 5) is 24.7. The fourth-order valence-electron chi connectivity index (χ4n) is 2.57. The van der Waals surface area contributed by atoms with Crippen LogP contribution in [0.3, 0.4) is 0 Å². The van der Waals surface area contributed by atoms with Crippen molar-refractivity contribution in [1.29, 1.82) is 0 Å². The van der Waals surface area contributed by atoms with Gasteiger partial charge in [0.05, 0.1) is 24.7 Å². The van der Waals surface area contributed by atoms with Crippen LogP contribution < -0.4 is 15.4 Å². The van der Waals surface area contributed by atoms with Crippen LogP contribution in [0.15, 0.2) is 59.4 Å². The summed E-state index contributed by atoms with van der Waals surface area (Å²) >= 11 is 0. The smallest absolute Gasteiger partial charge is 0.387 e. The van der Waals surface area contributed by atoms with Gasteiger partial charge in [0.1, 0.15) is 17.2 Å². The maximum absolute atomic E-state index is 12.5. The molecular weight excluding hydrogens is 398 g/mol. The number of benzene rings is 1. The number of furan rings is 1. The SMILES string of the molecule is Cn1ncc(NC(=O)/C=C\c2ccc(OC(F)F)cc2)c1C(=O)NCc1ccco1. The largest absolute Gasteiger partial charge is 0.467 e. The predicted molar refractivity (Wildman–Crippen MR) is 104 cm³/mol. The standard InChI is InChI=1S/C20H18F2N4O4/c1-26-18(19(28)23-11-15-3-2-10-29-15)16(12-24-26)25-17(27)9-6-13-4-7-14(8-5-13)30-20(21)22/h2-10,12,20H,11H2,1H3,(H,23,28)(H,25,27)/b9-6-. The van der Waals surface area contributed by atoms with E-state index in [4.69, 9.17) is 4.42 Å². The minimum absolute atomic E-state index is 0.0205. The zero-order valence-corrected chi connectivity index (χ0v) is 15.8. The molecule has 0 aliphatic rings. The molecule has 0 atom stereocenters. The number of aryl methyl sites for hydroxylation is 1. The number of aromatic nitrogens is 2. The van der Waals surface area contributed by atoms with Crippen LogP contribution in [0.4, 0.5) is 14.5 Å². The number of carbonyl (C=O) groups is 2. The molecule has 2 N–H and O–H groups in total. The van der Waals surface area contributed by atoms with E-state index in [2.05, 4.69) is 20.5 Å². The first-order valence-electron chi connectivity index (χ1n) is 8.79. The molecule has 3 rings (SSSR count). The highest BCUT2D eigenvalue weighted by atomic mass is 19.3. The lowest BCUT2D eigenvalue weighted by molar-refractivity contribution is -0.111. The average molecular weight is 416 g/mol. The van der Waals surface area contributed by atoms with Gasteiger partial charge in [-0.05, 0) is 35.9 Å². The normalized spacial score (nSPS) is 11.1. The van der Waals surface area contributed by atoms with Gasteiger partial charge in [0.25, 0.3) is 5.91 Å². The van der Waals surface area contributed by atoms with Crippen LogP contribution in [0.5, 0.6) is 5.75 Å². The highest BCUT2D eigenvalue weighted by molar-refractivity contribution is 6.06. The second-order valence-corrected chi connectivity index (χ2v) is 6.06. The van der Waals surface area contributed by atoms with Crippen molar-refractivity contribution in [2.75, 3.05) is 5.32 Å². The number of rotatable bonds is 8. The molecule has 3 aromatic rings. The maximum Gasteiger partial charge on any atom is 0.387 e. The van der Waals surface area contributed by atoms with Gasteiger partial charge < -0.3 is 19.8 Å². The molecule has 0 bridgehead atoms. The van der Waals surface area contributed by atoms with Crippen LogP contribution in [-0.2, 0) is 18.4 Å². The van der Waals surface area contributed by atoms with E-state index in [-0.39, 0.29) is 23.7 Å². The summed E-state index contributed by atoms with van der Waals surface area (Å²) in [5.41, 5.74) is 1.02. The molecule has 2 heterocycles. The number of ether oxygens (including phenoxy) is 1. The van der Waals surface area contributed by atoms with Crippen LogP contribution in [-0.4, -0.2) is 28.2 Å². The molecule has 30 heavy (non-hydrogen) atoms. The fraction of sp³-hybridized carbons (Fsp3) is 0.150. The molecule has 0 saturated carbocycles. The van der Waals surface area contributed by atoms with E-state index in [1.165, 1.54) is 53.6 Å². The van der Waals surface area contributed by atoms with Crippen molar-refractivity contribution in [3.8, 4) is 5.75 Å². The molecule has 0 unspecified atom stereocenters. The van der Waals surface area contributed by atoms with E-state index >= 15 is 0 Å². The highest BCUT2D eigenvalue weighted by Gasteiger charge is 2.18. The van der Waals surface area contributed by atoms with Crippen LogP contribution in [0, 0.1) is 0 Å². The maximum atomic E-state index is 12.5. The van der Waals surface area contributed by atoms with Crippen molar-refractivity contribution in [3.63, 3.8) is 0 Å². The average Bonchev–Trinajstić information content (AvgIpc) is 3.35. The molecule has 1 aromatic carbocycles. The molecular formula is C20H18F2N4O4. The summed E-state index contributed by atoms with van der Waals surface area (Å²) in [5, 5.41) is 9.29. The minimum Gasteiger partial charge on any atom is -0.467 e. The Balaban J connectivity index is 1.61. The van der Waals surface area contributed by atoms with Crippen LogP contribution in [0.1, 0.15) is 21.8 Å². The van der Waals surface area contributed by atoms with Gasteiger partial charge in [0.15, 0.2) is 0 Å². The summed E-state index contributed by atoms with van der Waals surface area (Å²) < 4.78 is 35.1. The second-order valence-electron chi connectivity index (χ2n) is 6.06. The van der Waals surface area contributed by atoms with Gasteiger partial charge in [0.2, 0.25) is 5.91 Å². The molecule has 0 saturated heterocycles. The number of nitrogens with one attached hydrogen (secondary N) is 2. The Labute approximate surface area is 170 Å². The molecule has 10 heteroatoms. The van der Waals surface area contributed by atoms with E-state index in [0.717, 1.165) is 0 Å². The number of amides is 2. The minimum atomic E-state index is -2.90. The third kappa shape index (κ3) is 5.53. The van der Waals surface area contributed by atoms with Crippen molar-refractivity contribution in [2.24, 2.45) is 7.05 Å². The number of nitrogens with zero attached hydrogens (tertiary/aromatic N) is 2. The molecule has 0 radical (unpaired) electrons. The Morgan fingerprint density at radius 2 is 2.03 bits per heavy atom. The highest BCUT2D eigenvalue weighted by Crippen LogP contribution is 2.17. The number of hydrogen-bond acceptors (Lipinski definition) is 5. The van der Waals surface area contributed by atoms with Gasteiger partial charge in [-0.15, -0.1) is 0 Å². The lowest BCUT2D eigenvalue weighted by Crippen LogP contribution is -2.26. The van der Waals surface area contributed by atoms with Gasteiger partial charge >= 0.3 is 6.61 Å². The lowest BCUT2D eigenvalue weighted by Gasteiger charge is -2.07. The molecule has 2 amide bonds. The fourth-order valence-corrected chi connectivity index (χ4v) is 2.57. The van der Waals surface area contributed by atoms with Crippen LogP contribution in [0.2, 0.25) is 0 Å². The molecule has 156 valence electrons. The Bertz CT molecular complexity index is 1030. The van der Waals surface area contributed by atoms with Gasteiger partial charge in [-0.3, -0.25) is 14.3 Å². The number of halogens is 2. The summed E-state index contributed by atoms with van der Waals surface area (Å²) in [6, 6.07) is 9.23. The van der Waals surface area contributed by atoms with Gasteiger partial charge in [-0.2, -0.15) is 13.9 Å². The second kappa shape index (κ2) is 9.50. The zero-order valence-electron chi connectivity index (χ0n) is 15.8. The van der Waals surface area contributed by atoms with Crippen molar-refractivity contribution < 1.29 is 27.5 Å². The van der Waals surface area contributed by atoms with E-state index < -0.39 is 18.4 Å². The van der Waals surface area contributed by atoms with Gasteiger partial charge in [-0.1, -0.05) is 12.1 Å². The van der Waals surface area contributed by atoms with E-state index in [1.54, 1.807) is 19.2 Å². The van der Waals surface area contributed by atoms with Gasteiger partial charge in [0, 0.05) is 13.1 Å². The Morgan fingerprint density at radius 3 is 2.70 bits per heavy atom. The van der Waals surface area contributed by atoms with Crippen molar-refractivity contribution in [2.45, 2.75) is 13.2 Å². The summed E-state index contributed by atoms with van der Waals surface area (Å²) in [5.74, 6) is -0.313. The monoisotopic (exact) mass is 416 g/mol. The number of anilines is 1. The molecule has 0 fully saturated rings. The van der Waals surface area contributed by atoms with E-state index in [1.807, 2.05) is 0 Å². The number of carbonyl (C=O) groups excluding carboxylic acids is 2. The Hall–Kier alpha value is -3.95. The van der Waals surface area contributed by atoms with Crippen molar-refractivity contribution >= 4 is 23.6 Å². The van der Waals surface area contributed by atoms with Crippen LogP contribution >= 0.6 is 0 Å². The Kier molecular flexibility index (Phi) is 6.58. The Morgan fingerprint density at radius 1 is 1.27 bits per heavy atom. The van der Waals surface area contributed by atoms with Crippen LogP contribution in [0.25, 0.3) is 6.08 Å². The first-order valence-corrected chi connectivity index (χ1v) is 8.79. The number of alkyl halides is 2. The predicted octanol–water partition coefficient (Wildman–Crippen LogP) is 3.20. The molecule has 8 nitrogen and oxygen atoms in total. The molecule has 2 aromatic heterocycles. The van der Waals surface area contributed by atoms with E-state index in [0.29, 0.717) is 11.3 Å². The summed E-state index contributed by atoms with van der Waals surface area (Å²) in [6.45, 7) is -2.71. The lowest BCUT2D eigenvalue weighted by atomic mass is 10.2. The first-order chi connectivity index (χ1) is 14.4. The first kappa shape index (κ1) is 20.8. The molecule has 0 aliphatic carbocycles. The molecule has 0 aliphatic heterocycles. The zero-order chi connectivity index (χ0) is 21.5. The topological polar surface area (TPSA) is 98.4 Å². The summed E-state index contributed by atoms with van der Waals surface area (Å²) in [7, 11) is 1.58. The number of hydrogen-bond donors (Lipinski definition) is 2. The van der Waals surface area contributed by atoms with Gasteiger partial charge in [-0.25, -0.2) is 0 Å². The quantitative estimate of drug-likeness (QED) is 0.550. The third-order valence-electron chi connectivity index (χ3n) is 3.95. The molecule has 0 spiro atoms.